The zero-order valence-electron chi connectivity index (χ0n) is 10.9. The van der Waals surface area contributed by atoms with Gasteiger partial charge in [0, 0.05) is 21.8 Å². The van der Waals surface area contributed by atoms with Crippen molar-refractivity contribution in [1.82, 2.24) is 0 Å². The van der Waals surface area contributed by atoms with Gasteiger partial charge in [0.25, 0.3) is 11.6 Å². The summed E-state index contributed by atoms with van der Waals surface area (Å²) in [7, 11) is 0. The smallest absolute Gasteiger partial charge is 0.284 e. The van der Waals surface area contributed by atoms with E-state index in [0.717, 1.165) is 10.0 Å². The number of nitrogens with zero attached hydrogens (tertiary/aromatic N) is 1. The minimum absolute atomic E-state index is 0.144. The first-order valence-corrected chi connectivity index (χ1v) is 7.48. The molecule has 2 rings (SSSR count). The molecule has 0 radical (unpaired) electrons. The number of nitro benzene ring substituents is 1. The van der Waals surface area contributed by atoms with Crippen LogP contribution in [0.4, 0.5) is 11.4 Å². The molecule has 0 spiro atoms. The highest BCUT2D eigenvalue weighted by Gasteiger charge is 2.16. The first-order valence-electron chi connectivity index (χ1n) is 5.90. The van der Waals surface area contributed by atoms with Crippen LogP contribution < -0.4 is 5.32 Å². The number of carbonyl (C=O) groups is 1. The predicted molar refractivity (Wildman–Crippen MR) is 87.6 cm³/mol. The molecule has 0 aliphatic heterocycles. The maximum absolute atomic E-state index is 12.1. The molecule has 5 nitrogen and oxygen atoms in total. The fraction of sp³-hybridized carbons (Fsp3) is 0.0714. The summed E-state index contributed by atoms with van der Waals surface area (Å²) in [6.45, 7) is 1.91. The average Bonchev–Trinajstić information content (AvgIpc) is 2.43. The van der Waals surface area contributed by atoms with Crippen LogP contribution in [0.1, 0.15) is 15.9 Å². The lowest BCUT2D eigenvalue weighted by Crippen LogP contribution is -2.12. The number of carbonyl (C=O) groups excluding carboxylic acids is 1. The third-order valence-electron chi connectivity index (χ3n) is 2.82. The van der Waals surface area contributed by atoms with Crippen LogP contribution in [0.5, 0.6) is 0 Å². The van der Waals surface area contributed by atoms with Crippen molar-refractivity contribution in [3.8, 4) is 0 Å². The van der Waals surface area contributed by atoms with E-state index in [4.69, 9.17) is 0 Å². The molecule has 0 heterocycles. The van der Waals surface area contributed by atoms with E-state index >= 15 is 0 Å². The Labute approximate surface area is 137 Å². The van der Waals surface area contributed by atoms with Crippen LogP contribution in [-0.2, 0) is 0 Å². The Hall–Kier alpha value is -1.73. The van der Waals surface area contributed by atoms with Gasteiger partial charge in [-0.3, -0.25) is 14.9 Å². The second kappa shape index (κ2) is 6.36. The summed E-state index contributed by atoms with van der Waals surface area (Å²) in [6.07, 6.45) is 0. The third-order valence-corrected chi connectivity index (χ3v) is 4.38. The van der Waals surface area contributed by atoms with Gasteiger partial charge in [-0.15, -0.1) is 0 Å². The molecule has 0 saturated carbocycles. The number of hydrogen-bond acceptors (Lipinski definition) is 3. The van der Waals surface area contributed by atoms with Gasteiger partial charge in [0.05, 0.1) is 9.40 Å². The van der Waals surface area contributed by atoms with Crippen LogP contribution in [0, 0.1) is 17.0 Å². The minimum Gasteiger partial charge on any atom is -0.322 e. The number of nitrogens with one attached hydrogen (secondary N) is 1. The molecule has 108 valence electrons. The van der Waals surface area contributed by atoms with E-state index in [1.54, 1.807) is 6.07 Å². The summed E-state index contributed by atoms with van der Waals surface area (Å²) in [5.41, 5.74) is 1.70. The summed E-state index contributed by atoms with van der Waals surface area (Å²) in [5.74, 6) is -0.396. The molecule has 0 fully saturated rings. The van der Waals surface area contributed by atoms with E-state index in [1.165, 1.54) is 18.2 Å². The van der Waals surface area contributed by atoms with Gasteiger partial charge in [0.15, 0.2) is 0 Å². The van der Waals surface area contributed by atoms with Crippen molar-refractivity contribution in [1.29, 1.82) is 0 Å². The summed E-state index contributed by atoms with van der Waals surface area (Å²) < 4.78 is 1.28. The summed E-state index contributed by atoms with van der Waals surface area (Å²) >= 11 is 6.47. The number of anilines is 1. The predicted octanol–water partition coefficient (Wildman–Crippen LogP) is 4.68. The molecule has 0 aliphatic rings. The monoisotopic (exact) mass is 412 g/mol. The van der Waals surface area contributed by atoms with Gasteiger partial charge in [0.1, 0.15) is 0 Å². The Balaban J connectivity index is 2.26. The van der Waals surface area contributed by atoms with Gasteiger partial charge in [0.2, 0.25) is 0 Å². The number of rotatable bonds is 3. The Morgan fingerprint density at radius 2 is 1.81 bits per heavy atom. The van der Waals surface area contributed by atoms with Crippen molar-refractivity contribution in [2.45, 2.75) is 6.92 Å². The fourth-order valence-corrected chi connectivity index (χ4v) is 2.36. The van der Waals surface area contributed by atoms with Crippen LogP contribution in [0.3, 0.4) is 0 Å². The number of aryl methyl sites for hydroxylation is 1. The lowest BCUT2D eigenvalue weighted by molar-refractivity contribution is -0.385. The number of hydrogen-bond donors (Lipinski definition) is 1. The van der Waals surface area contributed by atoms with Gasteiger partial charge < -0.3 is 5.32 Å². The van der Waals surface area contributed by atoms with Gasteiger partial charge in [-0.1, -0.05) is 15.9 Å². The van der Waals surface area contributed by atoms with Crippen molar-refractivity contribution < 1.29 is 9.72 Å². The van der Waals surface area contributed by atoms with Crippen molar-refractivity contribution in [2.24, 2.45) is 0 Å². The molecule has 1 N–H and O–H groups in total. The zero-order valence-corrected chi connectivity index (χ0v) is 14.1. The molecule has 0 unspecified atom stereocenters. The topological polar surface area (TPSA) is 72.2 Å². The van der Waals surface area contributed by atoms with Crippen LogP contribution in [0.15, 0.2) is 45.3 Å². The quantitative estimate of drug-likeness (QED) is 0.586. The van der Waals surface area contributed by atoms with Gasteiger partial charge in [-0.05, 0) is 58.7 Å². The number of nitro groups is 1. The largest absolute Gasteiger partial charge is 0.322 e. The molecule has 0 atom stereocenters. The molecule has 21 heavy (non-hydrogen) atoms. The highest BCUT2D eigenvalue weighted by molar-refractivity contribution is 9.10. The molecule has 7 heteroatoms. The number of halogens is 2. The molecular weight excluding hydrogens is 404 g/mol. The summed E-state index contributed by atoms with van der Waals surface area (Å²) in [6, 6.07) is 9.65. The number of amides is 1. The van der Waals surface area contributed by atoms with Crippen molar-refractivity contribution >= 4 is 49.1 Å². The first kappa shape index (κ1) is 15.7. The number of benzene rings is 2. The van der Waals surface area contributed by atoms with Crippen LogP contribution in [0.2, 0.25) is 0 Å². The molecule has 2 aromatic rings. The molecular formula is C14H10Br2N2O3. The molecule has 1 amide bonds. The van der Waals surface area contributed by atoms with Gasteiger partial charge in [-0.25, -0.2) is 0 Å². The van der Waals surface area contributed by atoms with Crippen molar-refractivity contribution in [3.63, 3.8) is 0 Å². The standard InChI is InChI=1S/C14H10Br2N2O3/c1-8-6-10(3-5-11(8)15)17-14(19)9-2-4-12(16)13(7-9)18(20)21/h2-7H,1H3,(H,17,19). The van der Waals surface area contributed by atoms with Crippen molar-refractivity contribution in [3.05, 3.63) is 66.6 Å². The van der Waals surface area contributed by atoms with Crippen LogP contribution in [-0.4, -0.2) is 10.8 Å². The van der Waals surface area contributed by atoms with Gasteiger partial charge in [-0.2, -0.15) is 0 Å². The second-order valence-corrected chi connectivity index (χ2v) is 6.05. The van der Waals surface area contributed by atoms with E-state index in [-0.39, 0.29) is 11.3 Å². The SMILES string of the molecule is Cc1cc(NC(=O)c2ccc(Br)c([N+](=O)[O-])c2)ccc1Br. The lowest BCUT2D eigenvalue weighted by Gasteiger charge is -2.07. The average molecular weight is 414 g/mol. The Kier molecular flexibility index (Phi) is 4.74. The molecule has 2 aromatic carbocycles. The fourth-order valence-electron chi connectivity index (χ4n) is 1.72. The van der Waals surface area contributed by atoms with E-state index < -0.39 is 10.8 Å². The van der Waals surface area contributed by atoms with E-state index in [1.807, 2.05) is 19.1 Å². The van der Waals surface area contributed by atoms with E-state index in [2.05, 4.69) is 37.2 Å². The van der Waals surface area contributed by atoms with Gasteiger partial charge >= 0.3 is 0 Å². The highest BCUT2D eigenvalue weighted by atomic mass is 79.9. The summed E-state index contributed by atoms with van der Waals surface area (Å²) in [4.78, 5) is 22.5. The Bertz CT molecular complexity index is 732. The van der Waals surface area contributed by atoms with E-state index in [0.29, 0.717) is 10.2 Å². The minimum atomic E-state index is -0.537. The first-order chi connectivity index (χ1) is 9.88. The highest BCUT2D eigenvalue weighted by Crippen LogP contribution is 2.26. The normalized spacial score (nSPS) is 10.2. The van der Waals surface area contributed by atoms with Crippen molar-refractivity contribution in [2.75, 3.05) is 5.32 Å². The maximum atomic E-state index is 12.1. The maximum Gasteiger partial charge on any atom is 0.284 e. The van der Waals surface area contributed by atoms with Crippen LogP contribution >= 0.6 is 31.9 Å². The Morgan fingerprint density at radius 1 is 1.14 bits per heavy atom. The molecule has 0 aromatic heterocycles. The molecule has 0 saturated heterocycles. The molecule has 0 bridgehead atoms. The third kappa shape index (κ3) is 3.68. The second-order valence-electron chi connectivity index (χ2n) is 4.34. The summed E-state index contributed by atoms with van der Waals surface area (Å²) in [5, 5.41) is 13.6. The lowest BCUT2D eigenvalue weighted by atomic mass is 10.1. The van der Waals surface area contributed by atoms with Crippen LogP contribution in [0.25, 0.3) is 0 Å². The van der Waals surface area contributed by atoms with E-state index in [9.17, 15) is 14.9 Å². The molecule has 0 aliphatic carbocycles. The Morgan fingerprint density at radius 3 is 2.43 bits per heavy atom. The zero-order chi connectivity index (χ0) is 15.6.